The summed E-state index contributed by atoms with van der Waals surface area (Å²) in [5.74, 6) is 0.358. The van der Waals surface area contributed by atoms with E-state index >= 15 is 0 Å². The molecule has 5 atom stereocenters. The molecule has 3 fully saturated rings. The van der Waals surface area contributed by atoms with Crippen LogP contribution in [0.4, 0.5) is 0 Å². The third-order valence-corrected chi connectivity index (χ3v) is 6.22. The lowest BCUT2D eigenvalue weighted by Gasteiger charge is -2.24. The number of hydrogen-bond donors (Lipinski definition) is 0. The maximum atomic E-state index is 12.6. The number of carbonyl (C=O) groups is 3. The second-order valence-electron chi connectivity index (χ2n) is 7.68. The topological polar surface area (TPSA) is 57.7 Å². The summed E-state index contributed by atoms with van der Waals surface area (Å²) in [5, 5.41) is 0. The molecule has 0 unspecified atom stereocenters. The fourth-order valence-electron chi connectivity index (χ4n) is 4.87. The summed E-state index contributed by atoms with van der Waals surface area (Å²) in [7, 11) is 0. The van der Waals surface area contributed by atoms with Gasteiger partial charge in [-0.1, -0.05) is 19.1 Å². The Morgan fingerprint density at radius 1 is 1.09 bits per heavy atom. The van der Waals surface area contributed by atoms with Gasteiger partial charge in [-0.15, -0.1) is 0 Å². The molecule has 4 rings (SSSR count). The Kier molecular flexibility index (Phi) is 3.54. The fourth-order valence-corrected chi connectivity index (χ4v) is 4.87. The molecule has 5 nitrogen and oxygen atoms in total. The maximum Gasteiger partial charge on any atom is 0.242 e. The number of imide groups is 1. The van der Waals surface area contributed by atoms with Crippen molar-refractivity contribution in [2.75, 3.05) is 19.6 Å². The molecular formula is C18H24N2O3. The van der Waals surface area contributed by atoms with Gasteiger partial charge in [0.1, 0.15) is 6.54 Å². The predicted octanol–water partition coefficient (Wildman–Crippen LogP) is 1.44. The van der Waals surface area contributed by atoms with E-state index in [1.807, 2.05) is 4.90 Å². The van der Waals surface area contributed by atoms with Gasteiger partial charge in [0, 0.05) is 13.1 Å². The van der Waals surface area contributed by atoms with Gasteiger partial charge in [-0.05, 0) is 43.4 Å². The lowest BCUT2D eigenvalue weighted by atomic mass is 9.85. The van der Waals surface area contributed by atoms with Crippen molar-refractivity contribution in [3.8, 4) is 0 Å². The van der Waals surface area contributed by atoms with Crippen molar-refractivity contribution in [2.24, 2.45) is 29.6 Å². The second kappa shape index (κ2) is 5.46. The van der Waals surface area contributed by atoms with Gasteiger partial charge >= 0.3 is 0 Å². The number of allylic oxidation sites excluding steroid dienone is 2. The van der Waals surface area contributed by atoms with Gasteiger partial charge in [0.05, 0.1) is 11.8 Å². The number of hydrogen-bond acceptors (Lipinski definition) is 3. The van der Waals surface area contributed by atoms with Crippen LogP contribution in [0.2, 0.25) is 0 Å². The van der Waals surface area contributed by atoms with E-state index < -0.39 is 0 Å². The molecule has 5 heteroatoms. The standard InChI is InChI=1S/C18H24N2O3/c1-11-3-2-7-19(8-6-11)14(21)10-20-17(22)15-12-4-5-13(9-12)16(15)18(20)23/h4-5,11-13,15-16H,2-3,6-10H2,1H3/t11-,12+,13+,15-,16-/m1/s1. The van der Waals surface area contributed by atoms with E-state index in [-0.39, 0.29) is 47.9 Å². The van der Waals surface area contributed by atoms with Crippen LogP contribution < -0.4 is 0 Å². The SMILES string of the molecule is C[C@@H]1CCCN(C(=O)CN2C(=O)[C@H]3[C@H](C2=O)[C@H]2C=C[C@H]3C2)CC1. The molecule has 2 bridgehead atoms. The maximum absolute atomic E-state index is 12.6. The van der Waals surface area contributed by atoms with Crippen LogP contribution in [0.25, 0.3) is 0 Å². The average Bonchev–Trinajstić information content (AvgIpc) is 3.15. The zero-order valence-corrected chi connectivity index (χ0v) is 13.6. The Hall–Kier alpha value is -1.65. The molecule has 2 heterocycles. The minimum atomic E-state index is -0.200. The predicted molar refractivity (Wildman–Crippen MR) is 84.0 cm³/mol. The first-order valence-electron chi connectivity index (χ1n) is 8.87. The highest BCUT2D eigenvalue weighted by Crippen LogP contribution is 2.52. The van der Waals surface area contributed by atoms with E-state index in [4.69, 9.17) is 0 Å². The minimum Gasteiger partial charge on any atom is -0.341 e. The van der Waals surface area contributed by atoms with Crippen molar-refractivity contribution in [3.05, 3.63) is 12.2 Å². The largest absolute Gasteiger partial charge is 0.341 e. The molecule has 4 aliphatic rings. The van der Waals surface area contributed by atoms with Gasteiger partial charge in [0.25, 0.3) is 0 Å². The molecule has 1 saturated carbocycles. The molecular weight excluding hydrogens is 292 g/mol. The summed E-state index contributed by atoms with van der Waals surface area (Å²) < 4.78 is 0. The average molecular weight is 316 g/mol. The van der Waals surface area contributed by atoms with E-state index in [0.717, 1.165) is 38.8 Å². The quantitative estimate of drug-likeness (QED) is 0.572. The van der Waals surface area contributed by atoms with E-state index in [1.165, 1.54) is 4.90 Å². The molecule has 2 saturated heterocycles. The first-order chi connectivity index (χ1) is 11.1. The Morgan fingerprint density at radius 2 is 1.74 bits per heavy atom. The summed E-state index contributed by atoms with van der Waals surface area (Å²) in [6.45, 7) is 3.65. The highest BCUT2D eigenvalue weighted by molar-refractivity contribution is 6.08. The fraction of sp³-hybridized carbons (Fsp3) is 0.722. The van der Waals surface area contributed by atoms with E-state index in [2.05, 4.69) is 19.1 Å². The monoisotopic (exact) mass is 316 g/mol. The number of likely N-dealkylation sites (tertiary alicyclic amines) is 2. The Balaban J connectivity index is 1.44. The Labute approximate surface area is 136 Å². The number of rotatable bonds is 2. The highest BCUT2D eigenvalue weighted by atomic mass is 16.2. The number of carbonyl (C=O) groups excluding carboxylic acids is 3. The third kappa shape index (κ3) is 2.32. The van der Waals surface area contributed by atoms with Gasteiger partial charge < -0.3 is 4.90 Å². The summed E-state index contributed by atoms with van der Waals surface area (Å²) >= 11 is 0. The molecule has 0 aromatic rings. The molecule has 0 aromatic carbocycles. The smallest absolute Gasteiger partial charge is 0.242 e. The minimum absolute atomic E-state index is 0.0571. The van der Waals surface area contributed by atoms with Gasteiger partial charge in [-0.25, -0.2) is 0 Å². The Morgan fingerprint density at radius 3 is 2.39 bits per heavy atom. The summed E-state index contributed by atoms with van der Waals surface area (Å²) in [6.07, 6.45) is 8.25. The van der Waals surface area contributed by atoms with Gasteiger partial charge in [0.15, 0.2) is 0 Å². The molecule has 0 aromatic heterocycles. The van der Waals surface area contributed by atoms with Crippen LogP contribution in [0.1, 0.15) is 32.6 Å². The summed E-state index contributed by atoms with van der Waals surface area (Å²) in [4.78, 5) is 40.9. The normalized spacial score (nSPS) is 39.1. The lowest BCUT2D eigenvalue weighted by Crippen LogP contribution is -2.44. The molecule has 0 spiro atoms. The van der Waals surface area contributed by atoms with Gasteiger partial charge in [0.2, 0.25) is 17.7 Å². The van der Waals surface area contributed by atoms with Crippen molar-refractivity contribution in [1.29, 1.82) is 0 Å². The highest BCUT2D eigenvalue weighted by Gasteiger charge is 2.59. The van der Waals surface area contributed by atoms with Crippen LogP contribution >= 0.6 is 0 Å². The van der Waals surface area contributed by atoms with Crippen LogP contribution in [0.15, 0.2) is 12.2 Å². The van der Waals surface area contributed by atoms with Crippen LogP contribution in [-0.4, -0.2) is 47.2 Å². The number of nitrogens with zero attached hydrogens (tertiary/aromatic N) is 2. The number of fused-ring (bicyclic) bond motifs is 5. The second-order valence-corrected chi connectivity index (χ2v) is 7.68. The molecule has 2 aliphatic carbocycles. The molecule has 0 radical (unpaired) electrons. The Bertz CT molecular complexity index is 555. The molecule has 2 aliphatic heterocycles. The van der Waals surface area contributed by atoms with E-state index in [1.54, 1.807) is 0 Å². The van der Waals surface area contributed by atoms with Crippen LogP contribution in [0, 0.1) is 29.6 Å². The summed E-state index contributed by atoms with van der Waals surface area (Å²) in [5.41, 5.74) is 0. The molecule has 0 N–H and O–H groups in total. The van der Waals surface area contributed by atoms with Gasteiger partial charge in [-0.3, -0.25) is 19.3 Å². The molecule has 124 valence electrons. The van der Waals surface area contributed by atoms with E-state index in [9.17, 15) is 14.4 Å². The van der Waals surface area contributed by atoms with Crippen molar-refractivity contribution >= 4 is 17.7 Å². The number of amides is 3. The first-order valence-corrected chi connectivity index (χ1v) is 8.87. The zero-order valence-electron chi connectivity index (χ0n) is 13.6. The molecule has 23 heavy (non-hydrogen) atoms. The lowest BCUT2D eigenvalue weighted by molar-refractivity contribution is -0.147. The zero-order chi connectivity index (χ0) is 16.1. The summed E-state index contributed by atoms with van der Waals surface area (Å²) in [6, 6.07) is 0. The van der Waals surface area contributed by atoms with Crippen molar-refractivity contribution in [1.82, 2.24) is 9.80 Å². The van der Waals surface area contributed by atoms with Crippen molar-refractivity contribution in [3.63, 3.8) is 0 Å². The van der Waals surface area contributed by atoms with Crippen molar-refractivity contribution < 1.29 is 14.4 Å². The van der Waals surface area contributed by atoms with Gasteiger partial charge in [-0.2, -0.15) is 0 Å². The van der Waals surface area contributed by atoms with Crippen LogP contribution in [0.3, 0.4) is 0 Å². The van der Waals surface area contributed by atoms with Crippen LogP contribution in [-0.2, 0) is 14.4 Å². The van der Waals surface area contributed by atoms with Crippen molar-refractivity contribution in [2.45, 2.75) is 32.6 Å². The van der Waals surface area contributed by atoms with Crippen LogP contribution in [0.5, 0.6) is 0 Å². The van der Waals surface area contributed by atoms with E-state index in [0.29, 0.717) is 5.92 Å². The molecule has 3 amide bonds. The third-order valence-electron chi connectivity index (χ3n) is 6.22. The first kappa shape index (κ1) is 14.9.